The molecule has 2 heterocycles. The van der Waals surface area contributed by atoms with Gasteiger partial charge in [0.2, 0.25) is 5.88 Å². The topological polar surface area (TPSA) is 31.2 Å². The smallest absolute Gasteiger partial charge is 0.201 e. The molecule has 0 atom stereocenters. The first-order chi connectivity index (χ1) is 7.99. The largest absolute Gasteiger partial charge is 0.472 e. The Labute approximate surface area is 99.6 Å². The molecule has 88 valence electrons. The van der Waals surface area contributed by atoms with Gasteiger partial charge in [0, 0.05) is 18.9 Å². The van der Waals surface area contributed by atoms with Crippen LogP contribution in [0.1, 0.15) is 19.4 Å². The summed E-state index contributed by atoms with van der Waals surface area (Å²) >= 11 is 0. The third-order valence-corrected chi connectivity index (χ3v) is 3.32. The molecule has 0 aliphatic carbocycles. The van der Waals surface area contributed by atoms with Crippen molar-refractivity contribution < 1.29 is 4.74 Å². The Morgan fingerprint density at radius 1 is 1.29 bits per heavy atom. The molecule has 0 saturated heterocycles. The fraction of sp³-hybridized carbons (Fsp3) is 0.357. The molecule has 0 spiro atoms. The van der Waals surface area contributed by atoms with Gasteiger partial charge in [-0.05, 0) is 26.0 Å². The SMILES string of the molecule is Cn1c2c(c(=O)c3ccccc31)CC(C)(C)O2. The van der Waals surface area contributed by atoms with Gasteiger partial charge in [-0.2, -0.15) is 0 Å². The summed E-state index contributed by atoms with van der Waals surface area (Å²) in [6.07, 6.45) is 0.680. The van der Waals surface area contributed by atoms with E-state index in [4.69, 9.17) is 4.74 Å². The molecule has 3 nitrogen and oxygen atoms in total. The zero-order chi connectivity index (χ0) is 12.2. The number of hydrogen-bond acceptors (Lipinski definition) is 2. The van der Waals surface area contributed by atoms with Crippen molar-refractivity contribution in [2.75, 3.05) is 0 Å². The van der Waals surface area contributed by atoms with Gasteiger partial charge in [0.15, 0.2) is 5.43 Å². The summed E-state index contributed by atoms with van der Waals surface area (Å²) in [4.78, 5) is 12.4. The van der Waals surface area contributed by atoms with Gasteiger partial charge >= 0.3 is 0 Å². The van der Waals surface area contributed by atoms with Crippen molar-refractivity contribution in [2.45, 2.75) is 25.9 Å². The molecule has 0 amide bonds. The van der Waals surface area contributed by atoms with E-state index in [1.807, 2.05) is 49.7 Å². The zero-order valence-corrected chi connectivity index (χ0v) is 10.3. The number of ether oxygens (including phenoxy) is 1. The third-order valence-electron chi connectivity index (χ3n) is 3.32. The van der Waals surface area contributed by atoms with Crippen molar-refractivity contribution in [1.29, 1.82) is 0 Å². The van der Waals surface area contributed by atoms with E-state index in [0.29, 0.717) is 6.42 Å². The number of pyridine rings is 1. The van der Waals surface area contributed by atoms with Crippen LogP contribution in [0.2, 0.25) is 0 Å². The van der Waals surface area contributed by atoms with Gasteiger partial charge in [0.1, 0.15) is 5.60 Å². The molecule has 0 fully saturated rings. The number of nitrogens with zero attached hydrogens (tertiary/aromatic N) is 1. The van der Waals surface area contributed by atoms with E-state index < -0.39 is 0 Å². The van der Waals surface area contributed by atoms with E-state index in [9.17, 15) is 4.79 Å². The average molecular weight is 229 g/mol. The number of fused-ring (bicyclic) bond motifs is 2. The van der Waals surface area contributed by atoms with Crippen LogP contribution in [0, 0.1) is 0 Å². The first kappa shape index (κ1) is 10.4. The number of hydrogen-bond donors (Lipinski definition) is 0. The molecule has 1 aromatic heterocycles. The molecule has 2 aromatic rings. The van der Waals surface area contributed by atoms with Gasteiger partial charge in [-0.25, -0.2) is 0 Å². The van der Waals surface area contributed by atoms with Crippen LogP contribution in [0.5, 0.6) is 5.88 Å². The van der Waals surface area contributed by atoms with Crippen molar-refractivity contribution in [2.24, 2.45) is 7.05 Å². The molecule has 3 rings (SSSR count). The maximum absolute atomic E-state index is 12.4. The molecular formula is C14H15NO2. The standard InChI is InChI=1S/C14H15NO2/c1-14(2)8-10-12(16)9-6-4-5-7-11(9)15(3)13(10)17-14/h4-7H,8H2,1-3H3. The predicted molar refractivity (Wildman–Crippen MR) is 67.6 cm³/mol. The summed E-state index contributed by atoms with van der Waals surface area (Å²) in [6, 6.07) is 7.67. The summed E-state index contributed by atoms with van der Waals surface area (Å²) in [5.74, 6) is 0.721. The van der Waals surface area contributed by atoms with Crippen LogP contribution in [-0.4, -0.2) is 10.2 Å². The highest BCUT2D eigenvalue weighted by Gasteiger charge is 2.34. The first-order valence-corrected chi connectivity index (χ1v) is 5.79. The Morgan fingerprint density at radius 3 is 2.76 bits per heavy atom. The van der Waals surface area contributed by atoms with E-state index >= 15 is 0 Å². The fourth-order valence-corrected chi connectivity index (χ4v) is 2.54. The van der Waals surface area contributed by atoms with Crippen molar-refractivity contribution in [1.82, 2.24) is 4.57 Å². The molecule has 0 N–H and O–H groups in total. The second kappa shape index (κ2) is 3.13. The minimum atomic E-state index is -0.281. The lowest BCUT2D eigenvalue weighted by Crippen LogP contribution is -2.25. The van der Waals surface area contributed by atoms with Crippen LogP contribution in [0.3, 0.4) is 0 Å². The average Bonchev–Trinajstić information content (AvgIpc) is 2.63. The summed E-state index contributed by atoms with van der Waals surface area (Å²) in [6.45, 7) is 4.02. The molecule has 3 heteroatoms. The number of benzene rings is 1. The van der Waals surface area contributed by atoms with Gasteiger partial charge in [0.05, 0.1) is 11.1 Å². The number of aryl methyl sites for hydroxylation is 1. The number of rotatable bonds is 0. The Hall–Kier alpha value is -1.77. The van der Waals surface area contributed by atoms with E-state index in [1.165, 1.54) is 0 Å². The predicted octanol–water partition coefficient (Wildman–Crippen LogP) is 2.25. The molecule has 0 bridgehead atoms. The summed E-state index contributed by atoms with van der Waals surface area (Å²) in [5, 5.41) is 0.773. The lowest BCUT2D eigenvalue weighted by Gasteiger charge is -2.18. The summed E-state index contributed by atoms with van der Waals surface area (Å²) in [5.41, 5.74) is 1.56. The van der Waals surface area contributed by atoms with E-state index in [-0.39, 0.29) is 11.0 Å². The Bertz CT molecular complexity index is 668. The zero-order valence-electron chi connectivity index (χ0n) is 10.3. The minimum absolute atomic E-state index is 0.110. The third kappa shape index (κ3) is 1.38. The summed E-state index contributed by atoms with van der Waals surface area (Å²) < 4.78 is 7.85. The van der Waals surface area contributed by atoms with Crippen molar-refractivity contribution in [3.63, 3.8) is 0 Å². The van der Waals surface area contributed by atoms with E-state index in [1.54, 1.807) is 0 Å². The lowest BCUT2D eigenvalue weighted by molar-refractivity contribution is 0.129. The van der Waals surface area contributed by atoms with E-state index in [2.05, 4.69) is 0 Å². The Balaban J connectivity index is 2.44. The molecular weight excluding hydrogens is 214 g/mol. The van der Waals surface area contributed by atoms with Crippen LogP contribution >= 0.6 is 0 Å². The van der Waals surface area contributed by atoms with Crippen molar-refractivity contribution in [3.05, 3.63) is 40.1 Å². The van der Waals surface area contributed by atoms with Gasteiger partial charge in [-0.3, -0.25) is 4.79 Å². The quantitative estimate of drug-likeness (QED) is 0.693. The molecule has 1 aromatic carbocycles. The molecule has 1 aliphatic heterocycles. The van der Waals surface area contributed by atoms with E-state index in [0.717, 1.165) is 22.3 Å². The second-order valence-electron chi connectivity index (χ2n) is 5.23. The minimum Gasteiger partial charge on any atom is -0.472 e. The Kier molecular flexibility index (Phi) is 1.91. The highest BCUT2D eigenvalue weighted by molar-refractivity contribution is 5.81. The van der Waals surface area contributed by atoms with Gasteiger partial charge < -0.3 is 9.30 Å². The summed E-state index contributed by atoms with van der Waals surface area (Å²) in [7, 11) is 1.95. The number of para-hydroxylation sites is 1. The fourth-order valence-electron chi connectivity index (χ4n) is 2.54. The van der Waals surface area contributed by atoms with Crippen LogP contribution in [0.25, 0.3) is 10.9 Å². The molecule has 0 saturated carbocycles. The van der Waals surface area contributed by atoms with Gasteiger partial charge in [-0.1, -0.05) is 12.1 Å². The highest BCUT2D eigenvalue weighted by atomic mass is 16.5. The van der Waals surface area contributed by atoms with Gasteiger partial charge in [-0.15, -0.1) is 0 Å². The molecule has 0 radical (unpaired) electrons. The van der Waals surface area contributed by atoms with Crippen LogP contribution < -0.4 is 10.2 Å². The molecule has 0 unspecified atom stereocenters. The first-order valence-electron chi connectivity index (χ1n) is 5.79. The monoisotopic (exact) mass is 229 g/mol. The second-order valence-corrected chi connectivity index (χ2v) is 5.23. The van der Waals surface area contributed by atoms with Crippen LogP contribution in [0.15, 0.2) is 29.1 Å². The molecule has 1 aliphatic rings. The molecule has 17 heavy (non-hydrogen) atoms. The van der Waals surface area contributed by atoms with Gasteiger partial charge in [0.25, 0.3) is 0 Å². The van der Waals surface area contributed by atoms with Crippen LogP contribution in [-0.2, 0) is 13.5 Å². The number of aromatic nitrogens is 1. The maximum atomic E-state index is 12.4. The van der Waals surface area contributed by atoms with Crippen molar-refractivity contribution >= 4 is 10.9 Å². The lowest BCUT2D eigenvalue weighted by atomic mass is 10.0. The highest BCUT2D eigenvalue weighted by Crippen LogP contribution is 2.34. The van der Waals surface area contributed by atoms with Crippen molar-refractivity contribution in [3.8, 4) is 5.88 Å². The Morgan fingerprint density at radius 2 is 2.00 bits per heavy atom. The normalized spacial score (nSPS) is 16.9. The van der Waals surface area contributed by atoms with Crippen LogP contribution in [0.4, 0.5) is 0 Å². The maximum Gasteiger partial charge on any atom is 0.201 e.